The number of piperidine rings is 1. The Balaban J connectivity index is 0.00000157. The van der Waals surface area contributed by atoms with Crippen molar-refractivity contribution in [3.8, 4) is 5.75 Å². The highest BCUT2D eigenvalue weighted by atomic mass is 35.5. The number of aromatic hydroxyl groups is 1. The number of fused-ring (bicyclic) bond motifs is 1. The monoisotopic (exact) mass is 361 g/mol. The van der Waals surface area contributed by atoms with Gasteiger partial charge in [-0.05, 0) is 73.7 Å². The molecule has 0 aromatic heterocycles. The SMILES string of the molecule is Cl.O=C1CC[C@H]2C3Cc4ccc(O)cc4C2(CCN3CC2CCC2)C1. The van der Waals surface area contributed by atoms with Crippen LogP contribution in [0.2, 0.25) is 0 Å². The van der Waals surface area contributed by atoms with E-state index in [1.807, 2.05) is 12.1 Å². The average Bonchev–Trinajstić information content (AvgIpc) is 2.52. The Labute approximate surface area is 156 Å². The van der Waals surface area contributed by atoms with Crippen molar-refractivity contribution in [3.63, 3.8) is 0 Å². The minimum atomic E-state index is 0. The lowest BCUT2D eigenvalue weighted by molar-refractivity contribution is -0.127. The van der Waals surface area contributed by atoms with Crippen molar-refractivity contribution in [1.29, 1.82) is 0 Å². The normalized spacial score (nSPS) is 34.5. The first-order chi connectivity index (χ1) is 11.7. The van der Waals surface area contributed by atoms with Crippen LogP contribution >= 0.6 is 12.4 Å². The topological polar surface area (TPSA) is 40.5 Å². The van der Waals surface area contributed by atoms with Crippen LogP contribution in [0.25, 0.3) is 0 Å². The highest BCUT2D eigenvalue weighted by Gasteiger charge is 2.55. The number of phenols is 1. The predicted molar refractivity (Wildman–Crippen MR) is 100 cm³/mol. The molecule has 25 heavy (non-hydrogen) atoms. The summed E-state index contributed by atoms with van der Waals surface area (Å²) >= 11 is 0. The van der Waals surface area contributed by atoms with E-state index >= 15 is 0 Å². The van der Waals surface area contributed by atoms with Crippen LogP contribution in [0.4, 0.5) is 0 Å². The van der Waals surface area contributed by atoms with Crippen molar-refractivity contribution in [3.05, 3.63) is 29.3 Å². The molecule has 1 aliphatic heterocycles. The van der Waals surface area contributed by atoms with E-state index in [-0.39, 0.29) is 17.8 Å². The number of likely N-dealkylation sites (tertiary alicyclic amines) is 1. The van der Waals surface area contributed by atoms with Crippen LogP contribution in [0.3, 0.4) is 0 Å². The maximum absolute atomic E-state index is 12.3. The van der Waals surface area contributed by atoms with E-state index in [4.69, 9.17) is 0 Å². The van der Waals surface area contributed by atoms with Gasteiger partial charge in [0.25, 0.3) is 0 Å². The molecule has 3 aliphatic carbocycles. The lowest BCUT2D eigenvalue weighted by Gasteiger charge is -2.59. The summed E-state index contributed by atoms with van der Waals surface area (Å²) < 4.78 is 0. The highest BCUT2D eigenvalue weighted by molar-refractivity contribution is 5.85. The second kappa shape index (κ2) is 6.28. The number of hydrogen-bond acceptors (Lipinski definition) is 3. The minimum absolute atomic E-state index is 0. The molecule has 3 nitrogen and oxygen atoms in total. The first-order valence-electron chi connectivity index (χ1n) is 9.74. The summed E-state index contributed by atoms with van der Waals surface area (Å²) in [4.78, 5) is 15.1. The number of Topliss-reactive ketones (excluding diaryl/α,β-unsaturated/α-hetero) is 1. The molecule has 1 aromatic carbocycles. The van der Waals surface area contributed by atoms with Crippen molar-refractivity contribution in [2.75, 3.05) is 13.1 Å². The summed E-state index contributed by atoms with van der Waals surface area (Å²) in [6.07, 6.45) is 8.90. The zero-order chi connectivity index (χ0) is 16.3. The molecule has 136 valence electrons. The van der Waals surface area contributed by atoms with E-state index in [0.29, 0.717) is 29.9 Å². The van der Waals surface area contributed by atoms with Crippen molar-refractivity contribution in [2.24, 2.45) is 11.8 Å². The number of nitrogens with zero attached hydrogens (tertiary/aromatic N) is 1. The van der Waals surface area contributed by atoms with Gasteiger partial charge < -0.3 is 5.11 Å². The number of phenolic OH excluding ortho intramolecular Hbond substituents is 1. The molecule has 0 radical (unpaired) electrons. The van der Waals surface area contributed by atoms with Gasteiger partial charge in [-0.25, -0.2) is 0 Å². The van der Waals surface area contributed by atoms with E-state index in [2.05, 4.69) is 11.0 Å². The Hall–Kier alpha value is -1.06. The van der Waals surface area contributed by atoms with Crippen LogP contribution in [0.1, 0.15) is 56.1 Å². The molecule has 1 heterocycles. The fourth-order valence-corrected chi connectivity index (χ4v) is 6.13. The summed E-state index contributed by atoms with van der Waals surface area (Å²) in [6, 6.07) is 6.51. The second-order valence-corrected chi connectivity index (χ2v) is 8.67. The van der Waals surface area contributed by atoms with Crippen LogP contribution in [0.15, 0.2) is 18.2 Å². The molecule has 3 fully saturated rings. The molecule has 5 rings (SSSR count). The molecule has 3 atom stereocenters. The number of rotatable bonds is 2. The highest BCUT2D eigenvalue weighted by Crippen LogP contribution is 2.55. The second-order valence-electron chi connectivity index (χ2n) is 8.67. The molecule has 1 N–H and O–H groups in total. The van der Waals surface area contributed by atoms with Crippen LogP contribution in [-0.4, -0.2) is 34.9 Å². The molecule has 2 bridgehead atoms. The molecule has 4 heteroatoms. The maximum atomic E-state index is 12.3. The quantitative estimate of drug-likeness (QED) is 0.869. The summed E-state index contributed by atoms with van der Waals surface area (Å²) in [5.41, 5.74) is 2.67. The summed E-state index contributed by atoms with van der Waals surface area (Å²) in [7, 11) is 0. The number of ketones is 1. The third-order valence-corrected chi connectivity index (χ3v) is 7.51. The van der Waals surface area contributed by atoms with Gasteiger partial charge in [0.15, 0.2) is 0 Å². The van der Waals surface area contributed by atoms with Crippen molar-refractivity contribution < 1.29 is 9.90 Å². The van der Waals surface area contributed by atoms with Crippen molar-refractivity contribution >= 4 is 18.2 Å². The van der Waals surface area contributed by atoms with E-state index in [9.17, 15) is 9.90 Å². The standard InChI is InChI=1S/C21H27NO2.ClH/c23-16-5-4-15-10-20-18-7-6-17(24)12-21(18,19(15)11-16)8-9-22(20)13-14-2-1-3-14;/h4-5,11,14,18,20,23H,1-3,6-10,12-13H2;1H/t18-,20?,21?;/m0./s1. The lowest BCUT2D eigenvalue weighted by atomic mass is 9.52. The number of carbonyl (C=O) groups is 1. The van der Waals surface area contributed by atoms with Gasteiger partial charge in [0.05, 0.1) is 0 Å². The Kier molecular flexibility index (Phi) is 4.36. The Morgan fingerprint density at radius 3 is 2.84 bits per heavy atom. The zero-order valence-electron chi connectivity index (χ0n) is 14.7. The van der Waals surface area contributed by atoms with Gasteiger partial charge >= 0.3 is 0 Å². The zero-order valence-corrected chi connectivity index (χ0v) is 15.6. The number of benzene rings is 1. The van der Waals surface area contributed by atoms with E-state index < -0.39 is 0 Å². The average molecular weight is 362 g/mol. The third kappa shape index (κ3) is 2.62. The minimum Gasteiger partial charge on any atom is -0.508 e. The van der Waals surface area contributed by atoms with Gasteiger partial charge in [-0.2, -0.15) is 0 Å². The Morgan fingerprint density at radius 2 is 2.08 bits per heavy atom. The molecule has 1 saturated heterocycles. The van der Waals surface area contributed by atoms with Crippen molar-refractivity contribution in [2.45, 2.75) is 62.8 Å². The molecular formula is C21H28ClNO2. The maximum Gasteiger partial charge on any atom is 0.133 e. The van der Waals surface area contributed by atoms with Crippen LogP contribution in [0.5, 0.6) is 5.75 Å². The predicted octanol–water partition coefficient (Wildman–Crippen LogP) is 3.85. The number of carbonyl (C=O) groups excluding carboxylic acids is 1. The van der Waals surface area contributed by atoms with Crippen LogP contribution < -0.4 is 0 Å². The van der Waals surface area contributed by atoms with Gasteiger partial charge in [-0.3, -0.25) is 9.69 Å². The first-order valence-corrected chi connectivity index (χ1v) is 9.74. The smallest absolute Gasteiger partial charge is 0.133 e. The first kappa shape index (κ1) is 17.4. The van der Waals surface area contributed by atoms with E-state index in [0.717, 1.165) is 38.1 Å². The van der Waals surface area contributed by atoms with Gasteiger partial charge in [-0.1, -0.05) is 12.5 Å². The van der Waals surface area contributed by atoms with Gasteiger partial charge in [-0.15, -0.1) is 12.4 Å². The van der Waals surface area contributed by atoms with Crippen molar-refractivity contribution in [1.82, 2.24) is 4.90 Å². The van der Waals surface area contributed by atoms with Gasteiger partial charge in [0, 0.05) is 30.8 Å². The molecular weight excluding hydrogens is 334 g/mol. The largest absolute Gasteiger partial charge is 0.508 e. The number of halogens is 1. The van der Waals surface area contributed by atoms with Gasteiger partial charge in [0.1, 0.15) is 11.5 Å². The fraction of sp³-hybridized carbons (Fsp3) is 0.667. The van der Waals surface area contributed by atoms with Crippen LogP contribution in [0, 0.1) is 11.8 Å². The summed E-state index contributed by atoms with van der Waals surface area (Å²) in [5.74, 6) is 2.28. The third-order valence-electron chi connectivity index (χ3n) is 7.51. The lowest BCUT2D eigenvalue weighted by Crippen LogP contribution is -2.62. The Morgan fingerprint density at radius 1 is 1.24 bits per heavy atom. The van der Waals surface area contributed by atoms with Gasteiger partial charge in [0.2, 0.25) is 0 Å². The molecule has 0 spiro atoms. The van der Waals surface area contributed by atoms with E-state index in [1.165, 1.54) is 36.9 Å². The van der Waals surface area contributed by atoms with E-state index in [1.54, 1.807) is 0 Å². The summed E-state index contributed by atoms with van der Waals surface area (Å²) in [6.45, 7) is 2.39. The fourth-order valence-electron chi connectivity index (χ4n) is 6.13. The van der Waals surface area contributed by atoms with Crippen LogP contribution in [-0.2, 0) is 16.6 Å². The summed E-state index contributed by atoms with van der Waals surface area (Å²) in [5, 5.41) is 10.1. The number of hydrogen-bond donors (Lipinski definition) is 1. The molecule has 0 amide bonds. The Bertz CT molecular complexity index is 686. The molecule has 1 aromatic rings. The molecule has 2 unspecified atom stereocenters. The molecule has 4 aliphatic rings. The molecule has 2 saturated carbocycles.